The van der Waals surface area contributed by atoms with Gasteiger partial charge >= 0.3 is 11.9 Å². The zero-order chi connectivity index (χ0) is 8.55. The summed E-state index contributed by atoms with van der Waals surface area (Å²) >= 11 is 0. The van der Waals surface area contributed by atoms with Crippen LogP contribution in [0.4, 0.5) is 0 Å². The average Bonchev–Trinajstić information content (AvgIpc) is 2.58. The molecule has 0 bridgehead atoms. The third-order valence-electron chi connectivity index (χ3n) is 1.79. The van der Waals surface area contributed by atoms with Gasteiger partial charge in [-0.25, -0.2) is 9.59 Å². The lowest BCUT2D eigenvalue weighted by atomic mass is 10.1. The number of rotatable bonds is 1. The Balaban J connectivity index is 2.30. The van der Waals surface area contributed by atoms with Gasteiger partial charge in [0.1, 0.15) is 0 Å². The second kappa shape index (κ2) is 2.44. The molecule has 0 saturated heterocycles. The van der Waals surface area contributed by atoms with E-state index in [0.29, 0.717) is 12.0 Å². The Morgan fingerprint density at radius 3 is 2.67 bits per heavy atom. The SMILES string of the molecule is O=C1C=C(C2=CC=CC2)C(=O)O1. The summed E-state index contributed by atoms with van der Waals surface area (Å²) < 4.78 is 4.35. The standard InChI is InChI=1S/C9H6O3/c10-8-5-7(9(11)12-8)6-3-1-2-4-6/h1-3,5H,4H2. The van der Waals surface area contributed by atoms with Gasteiger partial charge in [0.05, 0.1) is 5.57 Å². The monoisotopic (exact) mass is 162 g/mol. The highest BCUT2D eigenvalue weighted by Gasteiger charge is 2.26. The summed E-state index contributed by atoms with van der Waals surface area (Å²) in [6.45, 7) is 0. The van der Waals surface area contributed by atoms with E-state index in [0.717, 1.165) is 5.57 Å². The topological polar surface area (TPSA) is 43.4 Å². The molecular weight excluding hydrogens is 156 g/mol. The number of carbonyl (C=O) groups excluding carboxylic acids is 2. The first-order valence-electron chi connectivity index (χ1n) is 3.61. The molecule has 0 fully saturated rings. The molecule has 0 atom stereocenters. The number of ether oxygens (including phenoxy) is 1. The van der Waals surface area contributed by atoms with E-state index in [1.54, 1.807) is 0 Å². The van der Waals surface area contributed by atoms with Crippen LogP contribution in [0, 0.1) is 0 Å². The normalized spacial score (nSPS) is 21.0. The molecule has 0 amide bonds. The Labute approximate surface area is 69.0 Å². The van der Waals surface area contributed by atoms with Crippen LogP contribution in [-0.4, -0.2) is 11.9 Å². The lowest BCUT2D eigenvalue weighted by Crippen LogP contribution is -2.02. The summed E-state index contributed by atoms with van der Waals surface area (Å²) in [6, 6.07) is 0. The molecule has 0 radical (unpaired) electrons. The Morgan fingerprint density at radius 1 is 1.33 bits per heavy atom. The maximum absolute atomic E-state index is 11.0. The molecule has 0 unspecified atom stereocenters. The smallest absolute Gasteiger partial charge is 0.346 e. The summed E-state index contributed by atoms with van der Waals surface area (Å²) in [5.41, 5.74) is 1.25. The van der Waals surface area contributed by atoms with Crippen molar-refractivity contribution in [3.63, 3.8) is 0 Å². The van der Waals surface area contributed by atoms with Crippen molar-refractivity contribution in [1.82, 2.24) is 0 Å². The Bertz CT molecular complexity index is 345. The molecule has 3 nitrogen and oxygen atoms in total. The van der Waals surface area contributed by atoms with Gasteiger partial charge in [0.2, 0.25) is 0 Å². The van der Waals surface area contributed by atoms with E-state index < -0.39 is 11.9 Å². The van der Waals surface area contributed by atoms with E-state index in [2.05, 4.69) is 4.74 Å². The predicted octanol–water partition coefficient (Wildman–Crippen LogP) is 0.882. The number of esters is 2. The van der Waals surface area contributed by atoms with Crippen molar-refractivity contribution in [2.24, 2.45) is 0 Å². The Hall–Kier alpha value is -1.64. The van der Waals surface area contributed by atoms with Crippen LogP contribution in [0.3, 0.4) is 0 Å². The van der Waals surface area contributed by atoms with E-state index in [-0.39, 0.29) is 0 Å². The Morgan fingerprint density at radius 2 is 2.17 bits per heavy atom. The molecule has 2 rings (SSSR count). The fraction of sp³-hybridized carbons (Fsp3) is 0.111. The molecular formula is C9H6O3. The fourth-order valence-corrected chi connectivity index (χ4v) is 1.22. The molecule has 1 heterocycles. The average molecular weight is 162 g/mol. The number of hydrogen-bond acceptors (Lipinski definition) is 3. The first kappa shape index (κ1) is 7.03. The van der Waals surface area contributed by atoms with Crippen molar-refractivity contribution in [2.75, 3.05) is 0 Å². The molecule has 0 saturated carbocycles. The van der Waals surface area contributed by atoms with Crippen LogP contribution >= 0.6 is 0 Å². The van der Waals surface area contributed by atoms with E-state index in [1.165, 1.54) is 6.08 Å². The maximum atomic E-state index is 11.0. The summed E-state index contributed by atoms with van der Waals surface area (Å²) in [5.74, 6) is -1.10. The van der Waals surface area contributed by atoms with Gasteiger partial charge in [-0.15, -0.1) is 0 Å². The zero-order valence-electron chi connectivity index (χ0n) is 6.24. The number of cyclic esters (lactones) is 2. The van der Waals surface area contributed by atoms with Crippen LogP contribution < -0.4 is 0 Å². The Kier molecular flexibility index (Phi) is 1.43. The van der Waals surface area contributed by atoms with Crippen LogP contribution in [0.25, 0.3) is 0 Å². The number of allylic oxidation sites excluding steroid dienone is 3. The minimum Gasteiger partial charge on any atom is -0.386 e. The molecule has 1 aliphatic carbocycles. The molecule has 3 heteroatoms. The van der Waals surface area contributed by atoms with Crippen molar-refractivity contribution in [3.8, 4) is 0 Å². The third-order valence-corrected chi connectivity index (χ3v) is 1.79. The highest BCUT2D eigenvalue weighted by atomic mass is 16.6. The molecule has 60 valence electrons. The van der Waals surface area contributed by atoms with Crippen molar-refractivity contribution in [2.45, 2.75) is 6.42 Å². The third kappa shape index (κ3) is 0.993. The van der Waals surface area contributed by atoms with Crippen molar-refractivity contribution in [1.29, 1.82) is 0 Å². The van der Waals surface area contributed by atoms with Gasteiger partial charge in [0.25, 0.3) is 0 Å². The van der Waals surface area contributed by atoms with Crippen LogP contribution in [0.1, 0.15) is 6.42 Å². The summed E-state index contributed by atoms with van der Waals surface area (Å²) in [5, 5.41) is 0. The van der Waals surface area contributed by atoms with Crippen LogP contribution in [0.2, 0.25) is 0 Å². The van der Waals surface area contributed by atoms with Crippen molar-refractivity contribution < 1.29 is 14.3 Å². The number of carbonyl (C=O) groups is 2. The second-order valence-corrected chi connectivity index (χ2v) is 2.59. The summed E-state index contributed by atoms with van der Waals surface area (Å²) in [7, 11) is 0. The largest absolute Gasteiger partial charge is 0.386 e. The molecule has 1 aliphatic heterocycles. The second-order valence-electron chi connectivity index (χ2n) is 2.59. The molecule has 0 N–H and O–H groups in total. The minimum absolute atomic E-state index is 0.394. The van der Waals surface area contributed by atoms with E-state index in [1.807, 2.05) is 18.2 Å². The van der Waals surface area contributed by atoms with Gasteiger partial charge in [0.15, 0.2) is 0 Å². The molecule has 12 heavy (non-hydrogen) atoms. The van der Waals surface area contributed by atoms with Gasteiger partial charge in [-0.1, -0.05) is 18.2 Å². The van der Waals surface area contributed by atoms with Gasteiger partial charge in [-0.05, 0) is 12.0 Å². The predicted molar refractivity (Wildman–Crippen MR) is 41.0 cm³/mol. The molecule has 0 spiro atoms. The zero-order valence-corrected chi connectivity index (χ0v) is 6.24. The molecule has 0 aromatic heterocycles. The van der Waals surface area contributed by atoms with Gasteiger partial charge < -0.3 is 4.74 Å². The quantitative estimate of drug-likeness (QED) is 0.424. The van der Waals surface area contributed by atoms with Crippen molar-refractivity contribution >= 4 is 11.9 Å². The summed E-state index contributed by atoms with van der Waals surface area (Å²) in [6.07, 6.45) is 7.53. The minimum atomic E-state index is -0.567. The van der Waals surface area contributed by atoms with E-state index in [9.17, 15) is 9.59 Å². The first-order valence-corrected chi connectivity index (χ1v) is 3.61. The molecule has 2 aliphatic rings. The van der Waals surface area contributed by atoms with Gasteiger partial charge in [-0.3, -0.25) is 0 Å². The molecule has 0 aromatic rings. The van der Waals surface area contributed by atoms with Crippen LogP contribution in [0.15, 0.2) is 35.5 Å². The van der Waals surface area contributed by atoms with Gasteiger partial charge in [-0.2, -0.15) is 0 Å². The fourth-order valence-electron chi connectivity index (χ4n) is 1.22. The molecule has 0 aromatic carbocycles. The lowest BCUT2D eigenvalue weighted by Gasteiger charge is -1.96. The summed E-state index contributed by atoms with van der Waals surface area (Å²) in [4.78, 5) is 21.6. The van der Waals surface area contributed by atoms with E-state index in [4.69, 9.17) is 0 Å². The van der Waals surface area contributed by atoms with Crippen molar-refractivity contribution in [3.05, 3.63) is 35.5 Å². The van der Waals surface area contributed by atoms with E-state index >= 15 is 0 Å². The highest BCUT2D eigenvalue weighted by Crippen LogP contribution is 2.23. The number of hydrogen-bond donors (Lipinski definition) is 0. The lowest BCUT2D eigenvalue weighted by molar-refractivity contribution is -0.150. The maximum Gasteiger partial charge on any atom is 0.346 e. The highest BCUT2D eigenvalue weighted by molar-refractivity contribution is 6.11. The first-order chi connectivity index (χ1) is 5.77. The van der Waals surface area contributed by atoms with Crippen LogP contribution in [0.5, 0.6) is 0 Å². The van der Waals surface area contributed by atoms with Gasteiger partial charge in [0, 0.05) is 6.08 Å². The van der Waals surface area contributed by atoms with Crippen LogP contribution in [-0.2, 0) is 14.3 Å².